The highest BCUT2D eigenvalue weighted by molar-refractivity contribution is 6.31. The Labute approximate surface area is 115 Å². The van der Waals surface area contributed by atoms with Crippen molar-refractivity contribution in [2.45, 2.75) is 18.9 Å². The van der Waals surface area contributed by atoms with E-state index in [0.29, 0.717) is 18.8 Å². The minimum atomic E-state index is -0.631. The number of anilines is 1. The zero-order chi connectivity index (χ0) is 14.0. The second kappa shape index (κ2) is 5.71. The molecule has 1 atom stereocenters. The van der Waals surface area contributed by atoms with E-state index in [1.165, 1.54) is 0 Å². The van der Waals surface area contributed by atoms with Crippen molar-refractivity contribution in [1.82, 2.24) is 5.32 Å². The smallest absolute Gasteiger partial charge is 0.294 e. The summed E-state index contributed by atoms with van der Waals surface area (Å²) in [5.74, 6) is -0.631. The average molecular weight is 288 g/mol. The second-order valence-electron chi connectivity index (χ2n) is 4.59. The summed E-state index contributed by atoms with van der Waals surface area (Å²) >= 11 is 5.61. The van der Waals surface area contributed by atoms with Gasteiger partial charge in [0.15, 0.2) is 0 Å². The summed E-state index contributed by atoms with van der Waals surface area (Å²) in [6, 6.07) is 2.49. The van der Waals surface area contributed by atoms with E-state index in [1.54, 1.807) is 0 Å². The molecule has 1 aromatic rings. The maximum absolute atomic E-state index is 13.6. The van der Waals surface area contributed by atoms with Gasteiger partial charge in [0.05, 0.1) is 9.95 Å². The summed E-state index contributed by atoms with van der Waals surface area (Å²) in [6.07, 6.45) is 1.92. The van der Waals surface area contributed by atoms with Crippen LogP contribution >= 0.6 is 11.6 Å². The quantitative estimate of drug-likeness (QED) is 0.686. The van der Waals surface area contributed by atoms with Gasteiger partial charge in [0.1, 0.15) is 11.5 Å². The summed E-state index contributed by atoms with van der Waals surface area (Å²) in [4.78, 5) is 12.4. The number of nitro benzene ring substituents is 1. The molecular formula is C12H15ClFN3O2. The molecule has 1 aliphatic heterocycles. The number of nitro groups is 1. The molecule has 0 saturated carbocycles. The lowest BCUT2D eigenvalue weighted by atomic mass is 10.0. The van der Waals surface area contributed by atoms with Gasteiger partial charge in [0.2, 0.25) is 0 Å². The third-order valence-electron chi connectivity index (χ3n) is 3.38. The number of nitrogens with zero attached hydrogens (tertiary/aromatic N) is 2. The number of benzene rings is 1. The number of nitrogens with one attached hydrogen (secondary N) is 1. The van der Waals surface area contributed by atoms with E-state index in [4.69, 9.17) is 11.6 Å². The standard InChI is InChI=1S/C12H15ClFN3O2/c1-15-8-3-2-4-16(7-8)11-6-10(14)9(13)5-12(11)17(18)19/h5-6,8,15H,2-4,7H2,1H3. The van der Waals surface area contributed by atoms with Crippen LogP contribution in [-0.2, 0) is 0 Å². The Morgan fingerprint density at radius 2 is 2.32 bits per heavy atom. The van der Waals surface area contributed by atoms with Gasteiger partial charge in [-0.1, -0.05) is 11.6 Å². The molecule has 0 aromatic heterocycles. The first-order chi connectivity index (χ1) is 9.02. The largest absolute Gasteiger partial charge is 0.364 e. The number of hydrogen-bond acceptors (Lipinski definition) is 4. The van der Waals surface area contributed by atoms with E-state index >= 15 is 0 Å². The Morgan fingerprint density at radius 3 is 2.95 bits per heavy atom. The normalized spacial score (nSPS) is 19.5. The van der Waals surface area contributed by atoms with Crippen LogP contribution in [0.15, 0.2) is 12.1 Å². The van der Waals surface area contributed by atoms with Crippen LogP contribution in [0.3, 0.4) is 0 Å². The molecule has 1 saturated heterocycles. The summed E-state index contributed by atoms with van der Waals surface area (Å²) in [5.41, 5.74) is 0.148. The Hall–Kier alpha value is -1.40. The minimum Gasteiger partial charge on any atom is -0.364 e. The third kappa shape index (κ3) is 2.96. The van der Waals surface area contributed by atoms with E-state index < -0.39 is 10.7 Å². The first kappa shape index (κ1) is 14.0. The van der Waals surface area contributed by atoms with Gasteiger partial charge in [-0.2, -0.15) is 0 Å². The van der Waals surface area contributed by atoms with Crippen molar-refractivity contribution in [3.05, 3.63) is 33.1 Å². The molecule has 1 unspecified atom stereocenters. The van der Waals surface area contributed by atoms with Gasteiger partial charge in [0.25, 0.3) is 5.69 Å². The molecule has 0 aliphatic carbocycles. The minimum absolute atomic E-state index is 0.150. The van der Waals surface area contributed by atoms with Crippen LogP contribution < -0.4 is 10.2 Å². The molecule has 0 spiro atoms. The van der Waals surface area contributed by atoms with Crippen molar-refractivity contribution in [2.75, 3.05) is 25.0 Å². The summed E-state index contributed by atoms with van der Waals surface area (Å²) in [6.45, 7) is 1.30. The second-order valence-corrected chi connectivity index (χ2v) is 4.99. The molecule has 5 nitrogen and oxygen atoms in total. The van der Waals surface area contributed by atoms with Gasteiger partial charge in [0, 0.05) is 31.3 Å². The maximum atomic E-state index is 13.6. The first-order valence-electron chi connectivity index (χ1n) is 6.08. The summed E-state index contributed by atoms with van der Waals surface area (Å²) < 4.78 is 13.6. The van der Waals surface area contributed by atoms with E-state index in [1.807, 2.05) is 11.9 Å². The lowest BCUT2D eigenvalue weighted by Gasteiger charge is -2.33. The Kier molecular flexibility index (Phi) is 4.21. The predicted molar refractivity (Wildman–Crippen MR) is 72.4 cm³/mol. The molecule has 1 heterocycles. The van der Waals surface area contributed by atoms with Gasteiger partial charge in [-0.3, -0.25) is 10.1 Å². The van der Waals surface area contributed by atoms with E-state index in [2.05, 4.69) is 5.32 Å². The fraction of sp³-hybridized carbons (Fsp3) is 0.500. The zero-order valence-corrected chi connectivity index (χ0v) is 11.3. The SMILES string of the molecule is CNC1CCCN(c2cc(F)c(Cl)cc2[N+](=O)[O-])C1. The van der Waals surface area contributed by atoms with Gasteiger partial charge in [-0.15, -0.1) is 0 Å². The highest BCUT2D eigenvalue weighted by Gasteiger charge is 2.26. The molecule has 104 valence electrons. The Balaban J connectivity index is 2.37. The molecule has 0 bridgehead atoms. The maximum Gasteiger partial charge on any atom is 0.294 e. The van der Waals surface area contributed by atoms with Crippen LogP contribution in [0.1, 0.15) is 12.8 Å². The fourth-order valence-electron chi connectivity index (χ4n) is 2.36. The van der Waals surface area contributed by atoms with Crippen molar-refractivity contribution in [3.8, 4) is 0 Å². The van der Waals surface area contributed by atoms with Crippen molar-refractivity contribution in [3.63, 3.8) is 0 Å². The van der Waals surface area contributed by atoms with E-state index in [9.17, 15) is 14.5 Å². The molecule has 0 radical (unpaired) electrons. The molecule has 1 aliphatic rings. The van der Waals surface area contributed by atoms with Crippen LogP contribution in [0.2, 0.25) is 5.02 Å². The molecule has 1 aromatic carbocycles. The third-order valence-corrected chi connectivity index (χ3v) is 3.67. The highest BCUT2D eigenvalue weighted by atomic mass is 35.5. The van der Waals surface area contributed by atoms with Crippen LogP contribution in [0.4, 0.5) is 15.8 Å². The monoisotopic (exact) mass is 287 g/mol. The average Bonchev–Trinajstić information content (AvgIpc) is 2.41. The first-order valence-corrected chi connectivity index (χ1v) is 6.46. The van der Waals surface area contributed by atoms with Crippen molar-refractivity contribution in [2.24, 2.45) is 0 Å². The van der Waals surface area contributed by atoms with Crippen molar-refractivity contribution < 1.29 is 9.31 Å². The van der Waals surface area contributed by atoms with E-state index in [-0.39, 0.29) is 16.8 Å². The van der Waals surface area contributed by atoms with Crippen molar-refractivity contribution in [1.29, 1.82) is 0 Å². The lowest BCUT2D eigenvalue weighted by Crippen LogP contribution is -2.44. The molecule has 1 N–H and O–H groups in total. The van der Waals surface area contributed by atoms with Crippen LogP contribution in [0.25, 0.3) is 0 Å². The Bertz CT molecular complexity index is 498. The van der Waals surface area contributed by atoms with Crippen LogP contribution in [0, 0.1) is 15.9 Å². The number of likely N-dealkylation sites (N-methyl/N-ethyl adjacent to an activating group) is 1. The molecule has 2 rings (SSSR count). The molecule has 1 fully saturated rings. The molecule has 19 heavy (non-hydrogen) atoms. The van der Waals surface area contributed by atoms with Crippen LogP contribution in [-0.4, -0.2) is 31.1 Å². The molecule has 0 amide bonds. The van der Waals surface area contributed by atoms with Gasteiger partial charge >= 0.3 is 0 Å². The number of halogens is 2. The van der Waals surface area contributed by atoms with Gasteiger partial charge in [-0.05, 0) is 19.9 Å². The summed E-state index contributed by atoms with van der Waals surface area (Å²) in [5, 5.41) is 14.0. The van der Waals surface area contributed by atoms with Gasteiger partial charge < -0.3 is 10.2 Å². The lowest BCUT2D eigenvalue weighted by molar-refractivity contribution is -0.384. The van der Waals surface area contributed by atoms with Gasteiger partial charge in [-0.25, -0.2) is 4.39 Å². The predicted octanol–water partition coefficient (Wildman–Crippen LogP) is 2.58. The van der Waals surface area contributed by atoms with E-state index in [0.717, 1.165) is 25.0 Å². The summed E-state index contributed by atoms with van der Waals surface area (Å²) in [7, 11) is 1.85. The molecule has 7 heteroatoms. The zero-order valence-electron chi connectivity index (χ0n) is 10.5. The van der Waals surface area contributed by atoms with Crippen LogP contribution in [0.5, 0.6) is 0 Å². The molecular weight excluding hydrogens is 273 g/mol. The highest BCUT2D eigenvalue weighted by Crippen LogP contribution is 2.34. The van der Waals surface area contributed by atoms with Crippen molar-refractivity contribution >= 4 is 23.0 Å². The number of piperidine rings is 1. The number of rotatable bonds is 3. The fourth-order valence-corrected chi connectivity index (χ4v) is 2.51. The Morgan fingerprint density at radius 1 is 1.58 bits per heavy atom. The topological polar surface area (TPSA) is 58.4 Å². The number of hydrogen-bond donors (Lipinski definition) is 1.